The van der Waals surface area contributed by atoms with Crippen LogP contribution in [0.1, 0.15) is 12.8 Å². The van der Waals surface area contributed by atoms with Crippen LogP contribution in [0.4, 0.5) is 11.5 Å². The summed E-state index contributed by atoms with van der Waals surface area (Å²) in [4.78, 5) is 14.7. The van der Waals surface area contributed by atoms with Gasteiger partial charge in [-0.3, -0.25) is 15.2 Å². The van der Waals surface area contributed by atoms with Gasteiger partial charge in [-0.25, -0.2) is 0 Å². The van der Waals surface area contributed by atoms with Crippen molar-refractivity contribution in [2.24, 2.45) is 5.11 Å². The van der Waals surface area contributed by atoms with Gasteiger partial charge in [0.05, 0.1) is 11.0 Å². The predicted molar refractivity (Wildman–Crippen MR) is 65.6 cm³/mol. The number of nitro groups is 1. The Morgan fingerprint density at radius 3 is 3.21 bits per heavy atom. The summed E-state index contributed by atoms with van der Waals surface area (Å²) in [7, 11) is 0. The lowest BCUT2D eigenvalue weighted by molar-refractivity contribution is -0.384. The molecule has 19 heavy (non-hydrogen) atoms. The number of aliphatic hydroxyl groups excluding tert-OH is 1. The van der Waals surface area contributed by atoms with Crippen molar-refractivity contribution in [3.8, 4) is 0 Å². The number of anilines is 1. The third kappa shape index (κ3) is 2.92. The highest BCUT2D eigenvalue weighted by molar-refractivity contribution is 5.56. The third-order valence-electron chi connectivity index (χ3n) is 3.04. The maximum absolute atomic E-state index is 10.8. The second-order valence-corrected chi connectivity index (χ2v) is 4.34. The summed E-state index contributed by atoms with van der Waals surface area (Å²) in [5.41, 5.74) is 8.29. The minimum absolute atomic E-state index is 0.130. The monoisotopic (exact) mass is 267 g/mol. The second-order valence-electron chi connectivity index (χ2n) is 4.34. The molecule has 2 rings (SSSR count). The van der Waals surface area contributed by atoms with Crippen molar-refractivity contribution in [2.45, 2.75) is 25.0 Å². The Labute approximate surface area is 107 Å². The molecule has 0 amide bonds. The van der Waals surface area contributed by atoms with Gasteiger partial charge in [0.1, 0.15) is 6.20 Å². The first-order valence-corrected chi connectivity index (χ1v) is 5.76. The average Bonchev–Trinajstić information content (AvgIpc) is 2.76. The van der Waals surface area contributed by atoms with Gasteiger partial charge in [-0.1, -0.05) is 5.11 Å². The van der Waals surface area contributed by atoms with E-state index in [0.717, 1.165) is 6.20 Å². The van der Waals surface area contributed by atoms with Crippen LogP contribution in [0.25, 0.3) is 10.4 Å². The van der Waals surface area contributed by atoms with Gasteiger partial charge in [-0.05, 0) is 18.4 Å². The number of azide groups is 1. The molecule has 1 aromatic heterocycles. The van der Waals surface area contributed by atoms with E-state index >= 15 is 0 Å². The van der Waals surface area contributed by atoms with Gasteiger partial charge in [-0.2, -0.15) is 5.10 Å². The molecular formula is C9H13N7O3. The van der Waals surface area contributed by atoms with Gasteiger partial charge in [-0.15, -0.1) is 0 Å². The lowest BCUT2D eigenvalue weighted by Crippen LogP contribution is -2.31. The van der Waals surface area contributed by atoms with E-state index in [1.54, 1.807) is 4.90 Å². The molecule has 2 atom stereocenters. The molecular weight excluding hydrogens is 254 g/mol. The van der Waals surface area contributed by atoms with Crippen LogP contribution in [-0.2, 0) is 0 Å². The number of aromatic nitrogens is 2. The van der Waals surface area contributed by atoms with Crippen molar-refractivity contribution >= 4 is 11.5 Å². The summed E-state index contributed by atoms with van der Waals surface area (Å²) in [5, 5.41) is 30.5. The first-order chi connectivity index (χ1) is 9.11. The van der Waals surface area contributed by atoms with Crippen LogP contribution in [0, 0.1) is 10.1 Å². The van der Waals surface area contributed by atoms with Crippen LogP contribution >= 0.6 is 0 Å². The van der Waals surface area contributed by atoms with E-state index in [0.29, 0.717) is 19.4 Å². The highest BCUT2D eigenvalue weighted by Crippen LogP contribution is 2.27. The molecule has 1 saturated heterocycles. The number of hydrogen-bond acceptors (Lipinski definition) is 6. The topological polar surface area (TPSA) is 144 Å². The molecule has 102 valence electrons. The Morgan fingerprint density at radius 1 is 1.74 bits per heavy atom. The Kier molecular flexibility index (Phi) is 3.83. The number of aromatic amines is 1. The lowest BCUT2D eigenvalue weighted by Gasteiger charge is -2.21. The molecule has 2 heterocycles. The van der Waals surface area contributed by atoms with Gasteiger partial charge in [0.15, 0.2) is 0 Å². The molecule has 1 fully saturated rings. The van der Waals surface area contributed by atoms with Crippen LogP contribution in [0.2, 0.25) is 0 Å². The van der Waals surface area contributed by atoms with E-state index in [1.807, 2.05) is 0 Å². The minimum Gasteiger partial charge on any atom is -0.391 e. The van der Waals surface area contributed by atoms with Crippen molar-refractivity contribution in [2.75, 3.05) is 18.0 Å². The SMILES string of the molecule is [N-]=[N+]=NC1CCN(c2[nH]ncc2[N+](=O)[O-])CC(O)C1. The summed E-state index contributed by atoms with van der Waals surface area (Å²) >= 11 is 0. The Balaban J connectivity index is 2.19. The van der Waals surface area contributed by atoms with E-state index in [9.17, 15) is 15.2 Å². The van der Waals surface area contributed by atoms with Crippen LogP contribution in [-0.4, -0.2) is 45.5 Å². The van der Waals surface area contributed by atoms with Crippen molar-refractivity contribution in [1.82, 2.24) is 10.2 Å². The zero-order valence-electron chi connectivity index (χ0n) is 10.0. The first kappa shape index (κ1) is 13.1. The summed E-state index contributed by atoms with van der Waals surface area (Å²) in [6.45, 7) is 0.685. The normalized spacial score (nSPS) is 23.5. The number of nitrogens with one attached hydrogen (secondary N) is 1. The summed E-state index contributed by atoms with van der Waals surface area (Å²) in [5.74, 6) is 0.269. The number of H-pyrrole nitrogens is 1. The molecule has 0 aromatic carbocycles. The summed E-state index contributed by atoms with van der Waals surface area (Å²) in [6.07, 6.45) is 1.30. The Hall–Kier alpha value is -2.32. The lowest BCUT2D eigenvalue weighted by atomic mass is 10.1. The second kappa shape index (κ2) is 5.55. The maximum atomic E-state index is 10.8. The highest BCUT2D eigenvalue weighted by Gasteiger charge is 2.28. The van der Waals surface area contributed by atoms with Gasteiger partial charge in [0.2, 0.25) is 5.82 Å². The smallest absolute Gasteiger partial charge is 0.330 e. The largest absolute Gasteiger partial charge is 0.391 e. The fourth-order valence-corrected chi connectivity index (χ4v) is 2.18. The molecule has 0 aliphatic carbocycles. The predicted octanol–water partition coefficient (Wildman–Crippen LogP) is 0.958. The molecule has 10 nitrogen and oxygen atoms in total. The number of aliphatic hydroxyl groups is 1. The summed E-state index contributed by atoms with van der Waals surface area (Å²) in [6, 6.07) is -0.299. The van der Waals surface area contributed by atoms with E-state index in [-0.39, 0.29) is 24.1 Å². The number of rotatable bonds is 3. The quantitative estimate of drug-likeness (QED) is 0.275. The number of hydrogen-bond donors (Lipinski definition) is 2. The van der Waals surface area contributed by atoms with Crippen molar-refractivity contribution in [1.29, 1.82) is 0 Å². The van der Waals surface area contributed by atoms with Crippen molar-refractivity contribution in [3.63, 3.8) is 0 Å². The molecule has 2 unspecified atom stereocenters. The standard InChI is InChI=1S/C9H13N7O3/c10-14-12-6-1-2-15(5-7(17)3-6)9-8(16(18)19)4-11-13-9/h4,6-7,17H,1-3,5H2,(H,11,13). The van der Waals surface area contributed by atoms with Crippen LogP contribution in [0.5, 0.6) is 0 Å². The molecule has 0 saturated carbocycles. The number of nitrogens with zero attached hydrogens (tertiary/aromatic N) is 6. The van der Waals surface area contributed by atoms with E-state index in [2.05, 4.69) is 20.2 Å². The van der Waals surface area contributed by atoms with Crippen LogP contribution in [0.3, 0.4) is 0 Å². The third-order valence-corrected chi connectivity index (χ3v) is 3.04. The first-order valence-electron chi connectivity index (χ1n) is 5.76. The van der Waals surface area contributed by atoms with E-state index in [1.165, 1.54) is 0 Å². The Morgan fingerprint density at radius 2 is 2.53 bits per heavy atom. The summed E-state index contributed by atoms with van der Waals surface area (Å²) < 4.78 is 0. The van der Waals surface area contributed by atoms with Gasteiger partial charge in [0, 0.05) is 24.0 Å². The van der Waals surface area contributed by atoms with E-state index < -0.39 is 11.0 Å². The molecule has 10 heteroatoms. The Bertz CT molecular complexity index is 510. The zero-order valence-corrected chi connectivity index (χ0v) is 10.0. The fourth-order valence-electron chi connectivity index (χ4n) is 2.18. The highest BCUT2D eigenvalue weighted by atomic mass is 16.6. The minimum atomic E-state index is -0.707. The average molecular weight is 267 g/mol. The molecule has 2 N–H and O–H groups in total. The van der Waals surface area contributed by atoms with Gasteiger partial charge < -0.3 is 10.0 Å². The molecule has 1 aliphatic rings. The number of β-amino-alcohol motifs (C(OH)–C–C–N with tert-alkyl or cyclic N) is 1. The van der Waals surface area contributed by atoms with Crippen LogP contribution in [0.15, 0.2) is 11.3 Å². The molecule has 0 radical (unpaired) electrons. The molecule has 0 bridgehead atoms. The van der Waals surface area contributed by atoms with Gasteiger partial charge >= 0.3 is 5.69 Å². The fraction of sp³-hybridized carbons (Fsp3) is 0.667. The van der Waals surface area contributed by atoms with Crippen molar-refractivity contribution < 1.29 is 10.0 Å². The molecule has 1 aliphatic heterocycles. The van der Waals surface area contributed by atoms with Crippen molar-refractivity contribution in [3.05, 3.63) is 26.8 Å². The maximum Gasteiger partial charge on any atom is 0.330 e. The zero-order chi connectivity index (χ0) is 13.8. The molecule has 1 aromatic rings. The van der Waals surface area contributed by atoms with Crippen LogP contribution < -0.4 is 4.90 Å². The molecule has 0 spiro atoms. The van der Waals surface area contributed by atoms with E-state index in [4.69, 9.17) is 5.53 Å². The van der Waals surface area contributed by atoms with Gasteiger partial charge in [0.25, 0.3) is 0 Å².